The molecule has 2 aliphatic rings. The van der Waals surface area contributed by atoms with Crippen molar-refractivity contribution in [3.8, 4) is 0 Å². The molecule has 1 fully saturated rings. The Hall–Kier alpha value is -2.17. The number of hydrogen-bond acceptors (Lipinski definition) is 4. The minimum absolute atomic E-state index is 0.0184. The summed E-state index contributed by atoms with van der Waals surface area (Å²) in [5.74, 6) is 0. The van der Waals surface area contributed by atoms with Crippen LogP contribution in [0.4, 0.5) is 13.2 Å². The van der Waals surface area contributed by atoms with Crippen molar-refractivity contribution in [1.82, 2.24) is 13.8 Å². The third-order valence-electron chi connectivity index (χ3n) is 5.95. The number of hydrogen-bond donors (Lipinski definition) is 0. The molecule has 1 aromatic carbocycles. The van der Waals surface area contributed by atoms with E-state index in [1.807, 2.05) is 6.07 Å². The first-order valence-electron chi connectivity index (χ1n) is 10.3. The molecule has 2 heterocycles. The Kier molecular flexibility index (Phi) is 5.97. The lowest BCUT2D eigenvalue weighted by Crippen LogP contribution is -2.49. The molecule has 1 aromatic heterocycles. The molecule has 2 aromatic rings. The molecule has 4 rings (SSSR count). The van der Waals surface area contributed by atoms with Crippen molar-refractivity contribution < 1.29 is 21.6 Å². The average molecular weight is 456 g/mol. The summed E-state index contributed by atoms with van der Waals surface area (Å²) in [5, 5.41) is 0. The molecule has 1 aliphatic heterocycles. The minimum atomic E-state index is -4.53. The van der Waals surface area contributed by atoms with E-state index in [2.05, 4.69) is 0 Å². The van der Waals surface area contributed by atoms with Gasteiger partial charge in [-0.25, -0.2) is 8.42 Å². The van der Waals surface area contributed by atoms with Gasteiger partial charge in [0.05, 0.1) is 17.1 Å². The van der Waals surface area contributed by atoms with Crippen molar-refractivity contribution in [2.24, 2.45) is 0 Å². The summed E-state index contributed by atoms with van der Waals surface area (Å²) in [6.45, 7) is 1.06. The van der Waals surface area contributed by atoms with E-state index < -0.39 is 27.3 Å². The number of nitrogens with zero attached hydrogens (tertiary/aromatic N) is 3. The van der Waals surface area contributed by atoms with E-state index in [0.717, 1.165) is 54.1 Å². The van der Waals surface area contributed by atoms with Crippen LogP contribution in [0.2, 0.25) is 0 Å². The highest BCUT2D eigenvalue weighted by Gasteiger charge is 2.32. The van der Waals surface area contributed by atoms with Gasteiger partial charge in [-0.2, -0.15) is 17.5 Å². The predicted octanol–water partition coefficient (Wildman–Crippen LogP) is 2.71. The zero-order chi connectivity index (χ0) is 22.2. The van der Waals surface area contributed by atoms with Gasteiger partial charge in [0.25, 0.3) is 5.56 Å². The van der Waals surface area contributed by atoms with Gasteiger partial charge in [-0.1, -0.05) is 6.07 Å². The summed E-state index contributed by atoms with van der Waals surface area (Å²) < 4.78 is 67.3. The Labute approximate surface area is 178 Å². The normalized spacial score (nSPS) is 18.7. The lowest BCUT2D eigenvalue weighted by Gasteiger charge is -2.34. The number of sulfonamides is 1. The van der Waals surface area contributed by atoms with Crippen LogP contribution in [0.25, 0.3) is 0 Å². The van der Waals surface area contributed by atoms with Crippen molar-refractivity contribution in [3.63, 3.8) is 0 Å². The number of alkyl halides is 3. The molecule has 0 spiro atoms. The lowest BCUT2D eigenvalue weighted by atomic mass is 9.92. The molecule has 168 valence electrons. The Balaban J connectivity index is 1.44. The molecular weight excluding hydrogens is 431 g/mol. The molecule has 1 saturated heterocycles. The molecule has 10 heteroatoms. The molecule has 6 nitrogen and oxygen atoms in total. The molecule has 0 N–H and O–H groups in total. The van der Waals surface area contributed by atoms with E-state index in [-0.39, 0.29) is 24.7 Å². The summed E-state index contributed by atoms with van der Waals surface area (Å²) in [7, 11) is -3.64. The third-order valence-corrected chi connectivity index (χ3v) is 7.85. The SMILES string of the molecule is O=c1ccc(C(F)(F)F)cn1CN1CCN(S(=O)(=O)c2ccc3c(c2)CCCC3)CC1. The highest BCUT2D eigenvalue weighted by atomic mass is 32.2. The summed E-state index contributed by atoms with van der Waals surface area (Å²) in [6.07, 6.45) is 0.317. The molecule has 0 saturated carbocycles. The van der Waals surface area contributed by atoms with Crippen molar-refractivity contribution in [2.45, 2.75) is 43.4 Å². The van der Waals surface area contributed by atoms with Crippen LogP contribution in [0.5, 0.6) is 0 Å². The monoisotopic (exact) mass is 455 g/mol. The summed E-state index contributed by atoms with van der Waals surface area (Å²) in [4.78, 5) is 14.0. The van der Waals surface area contributed by atoms with E-state index in [0.29, 0.717) is 13.1 Å². The first-order chi connectivity index (χ1) is 14.6. The molecule has 0 amide bonds. The van der Waals surface area contributed by atoms with Gasteiger partial charge >= 0.3 is 6.18 Å². The van der Waals surface area contributed by atoms with Crippen molar-refractivity contribution in [2.75, 3.05) is 26.2 Å². The first-order valence-corrected chi connectivity index (χ1v) is 11.7. The van der Waals surface area contributed by atoms with Gasteiger partial charge in [0, 0.05) is 38.4 Å². The molecule has 0 radical (unpaired) electrons. The highest BCUT2D eigenvalue weighted by molar-refractivity contribution is 7.89. The van der Waals surface area contributed by atoms with E-state index >= 15 is 0 Å². The van der Waals surface area contributed by atoms with Crippen LogP contribution in [0, 0.1) is 0 Å². The zero-order valence-corrected chi connectivity index (χ0v) is 17.8. The summed E-state index contributed by atoms with van der Waals surface area (Å²) in [5.41, 5.74) is 0.884. The fourth-order valence-corrected chi connectivity index (χ4v) is 5.63. The Morgan fingerprint density at radius 3 is 2.26 bits per heavy atom. The van der Waals surface area contributed by atoms with Gasteiger partial charge in [-0.3, -0.25) is 9.69 Å². The third kappa shape index (κ3) is 4.70. The van der Waals surface area contributed by atoms with E-state index in [4.69, 9.17) is 0 Å². The Morgan fingerprint density at radius 2 is 1.58 bits per heavy atom. The van der Waals surface area contributed by atoms with Crippen LogP contribution in [0.1, 0.15) is 29.5 Å². The van der Waals surface area contributed by atoms with Crippen molar-refractivity contribution >= 4 is 10.0 Å². The van der Waals surface area contributed by atoms with Gasteiger partial charge in [0.2, 0.25) is 10.0 Å². The number of pyridine rings is 1. The maximum absolute atomic E-state index is 13.1. The minimum Gasteiger partial charge on any atom is -0.301 e. The smallest absolute Gasteiger partial charge is 0.301 e. The largest absolute Gasteiger partial charge is 0.417 e. The topological polar surface area (TPSA) is 62.6 Å². The fourth-order valence-electron chi connectivity index (χ4n) is 4.16. The molecule has 1 aliphatic carbocycles. The van der Waals surface area contributed by atoms with E-state index in [9.17, 15) is 26.4 Å². The second-order valence-electron chi connectivity index (χ2n) is 8.02. The summed E-state index contributed by atoms with van der Waals surface area (Å²) >= 11 is 0. The maximum atomic E-state index is 13.1. The van der Waals surface area contributed by atoms with Gasteiger partial charge in [0.15, 0.2) is 0 Å². The number of aryl methyl sites for hydroxylation is 2. The molecule has 31 heavy (non-hydrogen) atoms. The first kappa shape index (κ1) is 22.0. The van der Waals surface area contributed by atoms with Crippen LogP contribution < -0.4 is 5.56 Å². The Morgan fingerprint density at radius 1 is 0.903 bits per heavy atom. The highest BCUT2D eigenvalue weighted by Crippen LogP contribution is 2.28. The predicted molar refractivity (Wildman–Crippen MR) is 109 cm³/mol. The lowest BCUT2D eigenvalue weighted by molar-refractivity contribution is -0.138. The number of rotatable bonds is 4. The zero-order valence-electron chi connectivity index (χ0n) is 16.9. The molecular formula is C21H24F3N3O3S. The van der Waals surface area contributed by atoms with Crippen LogP contribution in [0.3, 0.4) is 0 Å². The van der Waals surface area contributed by atoms with Gasteiger partial charge in [-0.05, 0) is 55.0 Å². The number of aromatic nitrogens is 1. The second-order valence-corrected chi connectivity index (χ2v) is 9.96. The molecule has 0 unspecified atom stereocenters. The standard InChI is InChI=1S/C21H24F3N3O3S/c22-21(23,24)18-6-8-20(28)26(14-18)15-25-9-11-27(12-10-25)31(29,30)19-7-5-16-3-1-2-4-17(16)13-19/h5-8,13-14H,1-4,9-12,15H2. The van der Waals surface area contributed by atoms with Crippen LogP contribution in [-0.2, 0) is 35.7 Å². The second kappa shape index (κ2) is 8.40. The van der Waals surface area contributed by atoms with Crippen molar-refractivity contribution in [1.29, 1.82) is 0 Å². The fraction of sp³-hybridized carbons (Fsp3) is 0.476. The molecule has 0 atom stereocenters. The van der Waals surface area contributed by atoms with Crippen LogP contribution >= 0.6 is 0 Å². The number of fused-ring (bicyclic) bond motifs is 1. The van der Waals surface area contributed by atoms with E-state index in [1.165, 1.54) is 9.87 Å². The van der Waals surface area contributed by atoms with Gasteiger partial charge in [-0.15, -0.1) is 0 Å². The number of halogens is 3. The average Bonchev–Trinajstić information content (AvgIpc) is 2.74. The van der Waals surface area contributed by atoms with Crippen molar-refractivity contribution in [3.05, 3.63) is 63.6 Å². The van der Waals surface area contributed by atoms with Gasteiger partial charge in [0.1, 0.15) is 0 Å². The Bertz CT molecular complexity index is 1120. The van der Waals surface area contributed by atoms with Crippen LogP contribution in [-0.4, -0.2) is 48.4 Å². The quantitative estimate of drug-likeness (QED) is 0.711. The van der Waals surface area contributed by atoms with Gasteiger partial charge < -0.3 is 4.57 Å². The number of piperazine rings is 1. The number of benzene rings is 1. The van der Waals surface area contributed by atoms with E-state index in [1.54, 1.807) is 17.0 Å². The van der Waals surface area contributed by atoms with Crippen LogP contribution in [0.15, 0.2) is 46.2 Å². The summed E-state index contributed by atoms with van der Waals surface area (Å²) in [6, 6.07) is 7.01. The maximum Gasteiger partial charge on any atom is 0.417 e. The molecule has 0 bridgehead atoms.